The number of piperazine rings is 1. The number of aryl methyl sites for hydroxylation is 2. The van der Waals surface area contributed by atoms with Gasteiger partial charge in [-0.2, -0.15) is 5.10 Å². The van der Waals surface area contributed by atoms with E-state index in [1.54, 1.807) is 5.01 Å². The van der Waals surface area contributed by atoms with Crippen LogP contribution in [-0.2, 0) is 11.3 Å². The van der Waals surface area contributed by atoms with Crippen LogP contribution < -0.4 is 4.74 Å². The normalized spacial score (nSPS) is 18.4. The summed E-state index contributed by atoms with van der Waals surface area (Å²) in [5.41, 5.74) is 6.93. The highest BCUT2D eigenvalue weighted by Crippen LogP contribution is 2.34. The van der Waals surface area contributed by atoms with Crippen LogP contribution in [0, 0.1) is 13.8 Å². The average Bonchev–Trinajstić information content (AvgIpc) is 3.36. The number of nitrogens with zero attached hydrogens (tertiary/aromatic N) is 4. The predicted octanol–water partition coefficient (Wildman–Crippen LogP) is 5.20. The number of carbonyl (C=O) groups excluding carboxylic acids is 1. The molecule has 38 heavy (non-hydrogen) atoms. The van der Waals surface area contributed by atoms with Crippen molar-refractivity contribution in [3.8, 4) is 5.75 Å². The van der Waals surface area contributed by atoms with Gasteiger partial charge >= 0.3 is 0 Å². The fraction of sp³-hybridized carbons (Fsp3) is 0.375. The molecule has 1 unspecified atom stereocenters. The van der Waals surface area contributed by atoms with Crippen LogP contribution in [0.15, 0.2) is 77.9 Å². The van der Waals surface area contributed by atoms with Gasteiger partial charge in [0.2, 0.25) is 0 Å². The SMILES string of the molecule is CCOc1ccc(C2CC(c3ccc(C)cc3C)=NN2C(=O)CN2CCN(Cc3ccccc3)CC2)cc1. The van der Waals surface area contributed by atoms with Gasteiger partial charge in [0.05, 0.1) is 24.9 Å². The smallest absolute Gasteiger partial charge is 0.257 e. The zero-order valence-electron chi connectivity index (χ0n) is 22.8. The van der Waals surface area contributed by atoms with Crippen molar-refractivity contribution in [2.75, 3.05) is 39.3 Å². The molecule has 2 heterocycles. The molecule has 1 atom stereocenters. The quantitative estimate of drug-likeness (QED) is 0.418. The molecule has 0 spiro atoms. The Labute approximate surface area is 226 Å². The lowest BCUT2D eigenvalue weighted by atomic mass is 9.95. The van der Waals surface area contributed by atoms with Crippen LogP contribution in [-0.4, -0.2) is 65.8 Å². The molecule has 1 amide bonds. The molecule has 0 aliphatic carbocycles. The molecule has 1 fully saturated rings. The van der Waals surface area contributed by atoms with Crippen LogP contribution in [0.5, 0.6) is 5.75 Å². The minimum Gasteiger partial charge on any atom is -0.494 e. The number of rotatable bonds is 8. The summed E-state index contributed by atoms with van der Waals surface area (Å²) >= 11 is 0. The van der Waals surface area contributed by atoms with Crippen molar-refractivity contribution in [3.63, 3.8) is 0 Å². The van der Waals surface area contributed by atoms with Gasteiger partial charge in [0.25, 0.3) is 5.91 Å². The fourth-order valence-electron chi connectivity index (χ4n) is 5.46. The second kappa shape index (κ2) is 11.9. The van der Waals surface area contributed by atoms with Crippen molar-refractivity contribution in [2.24, 2.45) is 5.10 Å². The van der Waals surface area contributed by atoms with E-state index < -0.39 is 0 Å². The van der Waals surface area contributed by atoms with Crippen molar-refractivity contribution < 1.29 is 9.53 Å². The number of carbonyl (C=O) groups is 1. The molecule has 5 rings (SSSR count). The van der Waals surface area contributed by atoms with Crippen molar-refractivity contribution in [1.29, 1.82) is 0 Å². The Kier molecular flexibility index (Phi) is 8.20. The topological polar surface area (TPSA) is 48.4 Å². The number of hydrogen-bond donors (Lipinski definition) is 0. The summed E-state index contributed by atoms with van der Waals surface area (Å²) in [7, 11) is 0. The van der Waals surface area contributed by atoms with E-state index in [2.05, 4.69) is 84.3 Å². The van der Waals surface area contributed by atoms with Crippen molar-refractivity contribution >= 4 is 11.6 Å². The van der Waals surface area contributed by atoms with Gasteiger partial charge in [-0.1, -0.05) is 66.2 Å². The first kappa shape index (κ1) is 26.1. The number of benzene rings is 3. The molecule has 6 heteroatoms. The van der Waals surface area contributed by atoms with Gasteiger partial charge < -0.3 is 4.74 Å². The molecular formula is C32H38N4O2. The number of amides is 1. The summed E-state index contributed by atoms with van der Waals surface area (Å²) in [6.07, 6.45) is 0.703. The molecule has 0 N–H and O–H groups in total. The van der Waals surface area contributed by atoms with Crippen molar-refractivity contribution in [3.05, 3.63) is 101 Å². The molecule has 3 aromatic carbocycles. The van der Waals surface area contributed by atoms with Gasteiger partial charge in [0.15, 0.2) is 0 Å². The average molecular weight is 511 g/mol. The first-order chi connectivity index (χ1) is 18.5. The van der Waals surface area contributed by atoms with Crippen LogP contribution in [0.1, 0.15) is 47.2 Å². The molecule has 3 aromatic rings. The lowest BCUT2D eigenvalue weighted by molar-refractivity contribution is -0.134. The number of ether oxygens (including phenoxy) is 1. The highest BCUT2D eigenvalue weighted by atomic mass is 16.5. The van der Waals surface area contributed by atoms with E-state index in [4.69, 9.17) is 9.84 Å². The molecule has 0 saturated carbocycles. The lowest BCUT2D eigenvalue weighted by Crippen LogP contribution is -2.49. The molecule has 0 aromatic heterocycles. The van der Waals surface area contributed by atoms with E-state index in [-0.39, 0.29) is 11.9 Å². The Bertz CT molecular complexity index is 1260. The first-order valence-electron chi connectivity index (χ1n) is 13.7. The van der Waals surface area contributed by atoms with Gasteiger partial charge in [-0.3, -0.25) is 14.6 Å². The third-order valence-electron chi connectivity index (χ3n) is 7.51. The minimum absolute atomic E-state index is 0.0557. The molecule has 198 valence electrons. The van der Waals surface area contributed by atoms with Crippen molar-refractivity contribution in [2.45, 2.75) is 39.8 Å². The summed E-state index contributed by atoms with van der Waals surface area (Å²) in [4.78, 5) is 18.4. The largest absolute Gasteiger partial charge is 0.494 e. The zero-order chi connectivity index (χ0) is 26.5. The highest BCUT2D eigenvalue weighted by Gasteiger charge is 2.34. The maximum absolute atomic E-state index is 13.7. The Balaban J connectivity index is 1.29. The summed E-state index contributed by atoms with van der Waals surface area (Å²) in [5.74, 6) is 0.899. The maximum atomic E-state index is 13.7. The second-order valence-electron chi connectivity index (χ2n) is 10.4. The summed E-state index contributed by atoms with van der Waals surface area (Å²) in [6, 6.07) is 25.0. The minimum atomic E-state index is -0.117. The zero-order valence-corrected chi connectivity index (χ0v) is 22.8. The van der Waals surface area contributed by atoms with Crippen LogP contribution >= 0.6 is 0 Å². The molecule has 1 saturated heterocycles. The third kappa shape index (κ3) is 6.14. The molecular weight excluding hydrogens is 472 g/mol. The van der Waals surface area contributed by atoms with E-state index in [9.17, 15) is 4.79 Å². The first-order valence-corrected chi connectivity index (χ1v) is 13.7. The lowest BCUT2D eigenvalue weighted by Gasteiger charge is -2.35. The number of hydrazone groups is 1. The molecule has 6 nitrogen and oxygen atoms in total. The fourth-order valence-corrected chi connectivity index (χ4v) is 5.46. The Morgan fingerprint density at radius 2 is 1.63 bits per heavy atom. The van der Waals surface area contributed by atoms with E-state index in [1.165, 1.54) is 16.7 Å². The van der Waals surface area contributed by atoms with Crippen LogP contribution in [0.2, 0.25) is 0 Å². The third-order valence-corrected chi connectivity index (χ3v) is 7.51. The standard InChI is InChI=1S/C32H38N4O2/c1-4-38-28-13-11-27(12-14-28)31-21-30(29-15-10-24(2)20-25(29)3)33-36(31)32(37)23-35-18-16-34(17-19-35)22-26-8-6-5-7-9-26/h5-15,20,31H,4,16-19,21-23H2,1-3H3. The van der Waals surface area contributed by atoms with E-state index >= 15 is 0 Å². The van der Waals surface area contributed by atoms with Gasteiger partial charge in [0, 0.05) is 44.7 Å². The van der Waals surface area contributed by atoms with Crippen LogP contribution in [0.25, 0.3) is 0 Å². The summed E-state index contributed by atoms with van der Waals surface area (Å²) in [5, 5.41) is 6.67. The van der Waals surface area contributed by atoms with Crippen LogP contribution in [0.3, 0.4) is 0 Å². The van der Waals surface area contributed by atoms with E-state index in [1.807, 2.05) is 19.1 Å². The maximum Gasteiger partial charge on any atom is 0.257 e. The van der Waals surface area contributed by atoms with Crippen LogP contribution in [0.4, 0.5) is 0 Å². The van der Waals surface area contributed by atoms with Crippen molar-refractivity contribution in [1.82, 2.24) is 14.8 Å². The Hall–Kier alpha value is -3.48. The molecule has 2 aliphatic heterocycles. The second-order valence-corrected chi connectivity index (χ2v) is 10.4. The highest BCUT2D eigenvalue weighted by molar-refractivity contribution is 6.04. The molecule has 2 aliphatic rings. The summed E-state index contributed by atoms with van der Waals surface area (Å²) in [6.45, 7) is 11.9. The predicted molar refractivity (Wildman–Crippen MR) is 152 cm³/mol. The Morgan fingerprint density at radius 1 is 0.921 bits per heavy atom. The van der Waals surface area contributed by atoms with Gasteiger partial charge in [0.1, 0.15) is 5.75 Å². The summed E-state index contributed by atoms with van der Waals surface area (Å²) < 4.78 is 5.64. The monoisotopic (exact) mass is 510 g/mol. The molecule has 0 bridgehead atoms. The number of hydrogen-bond acceptors (Lipinski definition) is 5. The molecule has 0 radical (unpaired) electrons. The Morgan fingerprint density at radius 3 is 2.32 bits per heavy atom. The van der Waals surface area contributed by atoms with Gasteiger partial charge in [-0.05, 0) is 49.6 Å². The van der Waals surface area contributed by atoms with E-state index in [0.29, 0.717) is 19.6 Å². The van der Waals surface area contributed by atoms with E-state index in [0.717, 1.165) is 55.3 Å². The van der Waals surface area contributed by atoms with Gasteiger partial charge in [-0.25, -0.2) is 5.01 Å². The van der Waals surface area contributed by atoms with Gasteiger partial charge in [-0.15, -0.1) is 0 Å².